The van der Waals surface area contributed by atoms with Crippen molar-refractivity contribution in [3.05, 3.63) is 45.1 Å². The van der Waals surface area contributed by atoms with Crippen LogP contribution in [0.1, 0.15) is 29.1 Å². The first kappa shape index (κ1) is 19.3. The van der Waals surface area contributed by atoms with Crippen LogP contribution in [0.4, 0.5) is 5.69 Å². The second-order valence-electron chi connectivity index (χ2n) is 5.96. The van der Waals surface area contributed by atoms with Crippen molar-refractivity contribution in [3.63, 3.8) is 0 Å². The van der Waals surface area contributed by atoms with E-state index in [0.717, 1.165) is 5.56 Å². The van der Waals surface area contributed by atoms with Crippen LogP contribution in [-0.4, -0.2) is 25.0 Å². The highest BCUT2D eigenvalue weighted by molar-refractivity contribution is 7.12. The van der Waals surface area contributed by atoms with Crippen LogP contribution in [0.15, 0.2) is 29.6 Å². The summed E-state index contributed by atoms with van der Waals surface area (Å²) in [5, 5.41) is 8.00. The molecule has 0 saturated carbocycles. The molecule has 2 amide bonds. The molecule has 2 aromatic rings. The van der Waals surface area contributed by atoms with E-state index in [1.807, 2.05) is 26.2 Å². The summed E-state index contributed by atoms with van der Waals surface area (Å²) in [6, 6.07) is 6.25. The van der Waals surface area contributed by atoms with Crippen molar-refractivity contribution >= 4 is 40.4 Å². The molecule has 2 N–H and O–H groups in total. The molecule has 1 heterocycles. The predicted octanol–water partition coefficient (Wildman–Crippen LogP) is 4.11. The summed E-state index contributed by atoms with van der Waals surface area (Å²) in [6.07, 6.45) is 0. The van der Waals surface area contributed by atoms with Gasteiger partial charge in [0.05, 0.1) is 17.7 Å². The van der Waals surface area contributed by atoms with Crippen molar-refractivity contribution < 1.29 is 14.3 Å². The van der Waals surface area contributed by atoms with E-state index in [1.165, 1.54) is 18.4 Å². The SMILES string of the molecule is COc1cc(Cl)c(C)cc1NC(=O)C(NC(=O)c1cccs1)C(C)C. The molecule has 0 fully saturated rings. The number of carbonyl (C=O) groups excluding carboxylic acids is 2. The molecular formula is C18H21ClN2O3S. The van der Waals surface area contributed by atoms with E-state index in [-0.39, 0.29) is 17.7 Å². The number of amides is 2. The number of ether oxygens (including phenoxy) is 1. The van der Waals surface area contributed by atoms with Gasteiger partial charge in [0.2, 0.25) is 5.91 Å². The molecule has 1 atom stereocenters. The number of methoxy groups -OCH3 is 1. The summed E-state index contributed by atoms with van der Waals surface area (Å²) in [5.74, 6) is -0.178. The Kier molecular flexibility index (Phi) is 6.45. The second-order valence-corrected chi connectivity index (χ2v) is 7.32. The molecule has 0 bridgehead atoms. The van der Waals surface area contributed by atoms with Crippen LogP contribution in [0, 0.1) is 12.8 Å². The Morgan fingerprint density at radius 1 is 1.28 bits per heavy atom. The van der Waals surface area contributed by atoms with Gasteiger partial charge < -0.3 is 15.4 Å². The number of rotatable bonds is 6. The third kappa shape index (κ3) is 4.74. The maximum Gasteiger partial charge on any atom is 0.262 e. The summed E-state index contributed by atoms with van der Waals surface area (Å²) < 4.78 is 5.28. The van der Waals surface area contributed by atoms with Crippen LogP contribution >= 0.6 is 22.9 Å². The average Bonchev–Trinajstić information content (AvgIpc) is 3.09. The highest BCUT2D eigenvalue weighted by Gasteiger charge is 2.26. The number of hydrogen-bond acceptors (Lipinski definition) is 4. The Labute approximate surface area is 156 Å². The Balaban J connectivity index is 2.18. The summed E-state index contributed by atoms with van der Waals surface area (Å²) in [6.45, 7) is 5.60. The van der Waals surface area contributed by atoms with Crippen molar-refractivity contribution in [1.29, 1.82) is 0 Å². The van der Waals surface area contributed by atoms with Crippen LogP contribution in [0.5, 0.6) is 5.75 Å². The maximum atomic E-state index is 12.7. The molecule has 0 aliphatic rings. The maximum absolute atomic E-state index is 12.7. The van der Waals surface area contributed by atoms with E-state index in [2.05, 4.69) is 10.6 Å². The van der Waals surface area contributed by atoms with Crippen molar-refractivity contribution in [1.82, 2.24) is 5.32 Å². The molecule has 2 rings (SSSR count). The quantitative estimate of drug-likeness (QED) is 0.792. The van der Waals surface area contributed by atoms with Crippen LogP contribution in [0.25, 0.3) is 0 Å². The number of halogens is 1. The van der Waals surface area contributed by atoms with Gasteiger partial charge in [-0.1, -0.05) is 31.5 Å². The lowest BCUT2D eigenvalue weighted by atomic mass is 10.0. The minimum atomic E-state index is -0.671. The van der Waals surface area contributed by atoms with Gasteiger partial charge in [-0.15, -0.1) is 11.3 Å². The minimum Gasteiger partial charge on any atom is -0.495 e. The zero-order valence-corrected chi connectivity index (χ0v) is 16.1. The Morgan fingerprint density at radius 2 is 2.00 bits per heavy atom. The van der Waals surface area contributed by atoms with Gasteiger partial charge in [0.25, 0.3) is 5.91 Å². The van der Waals surface area contributed by atoms with Crippen LogP contribution in [0.3, 0.4) is 0 Å². The molecule has 0 spiro atoms. The van der Waals surface area contributed by atoms with Gasteiger partial charge in [-0.3, -0.25) is 9.59 Å². The first-order valence-corrected chi connectivity index (χ1v) is 9.08. The fourth-order valence-electron chi connectivity index (χ4n) is 2.30. The molecule has 5 nitrogen and oxygen atoms in total. The van der Waals surface area contributed by atoms with Crippen molar-refractivity contribution in [2.24, 2.45) is 5.92 Å². The lowest BCUT2D eigenvalue weighted by Crippen LogP contribution is -2.47. The molecule has 7 heteroatoms. The molecule has 25 heavy (non-hydrogen) atoms. The predicted molar refractivity (Wildman–Crippen MR) is 102 cm³/mol. The third-order valence-corrected chi connectivity index (χ3v) is 5.00. The summed E-state index contributed by atoms with van der Waals surface area (Å²) in [5.41, 5.74) is 1.34. The molecule has 1 unspecified atom stereocenters. The van der Waals surface area contributed by atoms with Crippen LogP contribution in [-0.2, 0) is 4.79 Å². The fraction of sp³-hybridized carbons (Fsp3) is 0.333. The standard InChI is InChI=1S/C18H21ClN2O3S/c1-10(2)16(21-17(22)15-6-5-7-25-15)18(23)20-13-8-11(3)12(19)9-14(13)24-4/h5-10,16H,1-4H3,(H,20,23)(H,21,22). The molecule has 1 aromatic heterocycles. The molecule has 134 valence electrons. The topological polar surface area (TPSA) is 67.4 Å². The van der Waals surface area contributed by atoms with E-state index < -0.39 is 6.04 Å². The Bertz CT molecular complexity index is 760. The van der Waals surface area contributed by atoms with E-state index in [9.17, 15) is 9.59 Å². The number of carbonyl (C=O) groups is 2. The van der Waals surface area contributed by atoms with E-state index in [1.54, 1.807) is 24.3 Å². The summed E-state index contributed by atoms with van der Waals surface area (Å²) >= 11 is 7.42. The first-order valence-electron chi connectivity index (χ1n) is 7.82. The van der Waals surface area contributed by atoms with Gasteiger partial charge in [-0.2, -0.15) is 0 Å². The molecular weight excluding hydrogens is 360 g/mol. The van der Waals surface area contributed by atoms with Crippen molar-refractivity contribution in [2.75, 3.05) is 12.4 Å². The molecule has 0 saturated heterocycles. The minimum absolute atomic E-state index is 0.0803. The van der Waals surface area contributed by atoms with Crippen molar-refractivity contribution in [3.8, 4) is 5.75 Å². The lowest BCUT2D eigenvalue weighted by molar-refractivity contribution is -0.118. The largest absolute Gasteiger partial charge is 0.495 e. The smallest absolute Gasteiger partial charge is 0.262 e. The van der Waals surface area contributed by atoms with E-state index in [4.69, 9.17) is 16.3 Å². The Hall–Kier alpha value is -2.05. The first-order chi connectivity index (χ1) is 11.8. The number of benzene rings is 1. The fourth-order valence-corrected chi connectivity index (χ4v) is 3.08. The van der Waals surface area contributed by atoms with Gasteiger partial charge in [0.1, 0.15) is 11.8 Å². The van der Waals surface area contributed by atoms with Crippen LogP contribution < -0.4 is 15.4 Å². The number of nitrogens with one attached hydrogen (secondary N) is 2. The highest BCUT2D eigenvalue weighted by atomic mass is 35.5. The number of anilines is 1. The number of hydrogen-bond donors (Lipinski definition) is 2. The van der Waals surface area contributed by atoms with Gasteiger partial charge in [-0.25, -0.2) is 0 Å². The number of aryl methyl sites for hydroxylation is 1. The lowest BCUT2D eigenvalue weighted by Gasteiger charge is -2.22. The van der Waals surface area contributed by atoms with E-state index in [0.29, 0.717) is 21.3 Å². The zero-order chi connectivity index (χ0) is 18.6. The molecule has 1 aromatic carbocycles. The average molecular weight is 381 g/mol. The van der Waals surface area contributed by atoms with Crippen LogP contribution in [0.2, 0.25) is 5.02 Å². The van der Waals surface area contributed by atoms with E-state index >= 15 is 0 Å². The summed E-state index contributed by atoms with van der Waals surface area (Å²) in [4.78, 5) is 25.6. The second kappa shape index (κ2) is 8.36. The molecule has 0 aliphatic carbocycles. The normalized spacial score (nSPS) is 11.9. The van der Waals surface area contributed by atoms with Gasteiger partial charge in [0, 0.05) is 11.1 Å². The number of thiophene rings is 1. The Morgan fingerprint density at radius 3 is 2.56 bits per heavy atom. The highest BCUT2D eigenvalue weighted by Crippen LogP contribution is 2.31. The van der Waals surface area contributed by atoms with Gasteiger partial charge >= 0.3 is 0 Å². The van der Waals surface area contributed by atoms with Gasteiger partial charge in [0.15, 0.2) is 0 Å². The molecule has 0 aliphatic heterocycles. The third-order valence-electron chi connectivity index (χ3n) is 3.72. The molecule has 0 radical (unpaired) electrons. The van der Waals surface area contributed by atoms with Crippen molar-refractivity contribution in [2.45, 2.75) is 26.8 Å². The van der Waals surface area contributed by atoms with Gasteiger partial charge in [-0.05, 0) is 35.9 Å². The monoisotopic (exact) mass is 380 g/mol. The summed E-state index contributed by atoms with van der Waals surface area (Å²) in [7, 11) is 1.51. The zero-order valence-electron chi connectivity index (χ0n) is 14.6.